The van der Waals surface area contributed by atoms with Crippen molar-refractivity contribution in [2.45, 2.75) is 13.0 Å². The molecule has 3 heteroatoms. The molecule has 0 aliphatic heterocycles. The standard InChI is InChI=1S/C10H13BrO2/c1-2-13-9-5-3-8(4-6-9)10(12)7-11/h3-6,10,12H,2,7H2,1H3/t10-/m1/s1. The van der Waals surface area contributed by atoms with E-state index in [9.17, 15) is 5.11 Å². The molecule has 0 aliphatic rings. The second kappa shape index (κ2) is 5.25. The van der Waals surface area contributed by atoms with Crippen molar-refractivity contribution in [1.82, 2.24) is 0 Å². The molecule has 0 aliphatic carbocycles. The number of halogens is 1. The van der Waals surface area contributed by atoms with E-state index in [4.69, 9.17) is 4.74 Å². The van der Waals surface area contributed by atoms with Crippen LogP contribution < -0.4 is 4.74 Å². The predicted octanol–water partition coefficient (Wildman–Crippen LogP) is 2.51. The van der Waals surface area contributed by atoms with Crippen molar-refractivity contribution in [3.8, 4) is 5.75 Å². The lowest BCUT2D eigenvalue weighted by molar-refractivity contribution is 0.205. The Kier molecular flexibility index (Phi) is 4.25. The number of alkyl halides is 1. The summed E-state index contributed by atoms with van der Waals surface area (Å²) in [5.74, 6) is 0.841. The molecule has 0 radical (unpaired) electrons. The van der Waals surface area contributed by atoms with Crippen LogP contribution in [0.2, 0.25) is 0 Å². The molecule has 0 heterocycles. The Morgan fingerprint density at radius 3 is 2.46 bits per heavy atom. The maximum Gasteiger partial charge on any atom is 0.119 e. The van der Waals surface area contributed by atoms with Crippen molar-refractivity contribution < 1.29 is 9.84 Å². The van der Waals surface area contributed by atoms with Gasteiger partial charge in [-0.25, -0.2) is 0 Å². The molecule has 1 aromatic rings. The predicted molar refractivity (Wildman–Crippen MR) is 56.4 cm³/mol. The van der Waals surface area contributed by atoms with Gasteiger partial charge in [-0.2, -0.15) is 0 Å². The number of ether oxygens (including phenoxy) is 1. The fourth-order valence-electron chi connectivity index (χ4n) is 1.04. The van der Waals surface area contributed by atoms with E-state index in [-0.39, 0.29) is 0 Å². The van der Waals surface area contributed by atoms with Crippen LogP contribution in [0.3, 0.4) is 0 Å². The van der Waals surface area contributed by atoms with E-state index in [0.717, 1.165) is 11.3 Å². The second-order valence-corrected chi connectivity index (χ2v) is 3.32. The van der Waals surface area contributed by atoms with Crippen molar-refractivity contribution in [1.29, 1.82) is 0 Å². The first-order chi connectivity index (χ1) is 6.27. The number of hydrogen-bond donors (Lipinski definition) is 1. The molecule has 0 saturated heterocycles. The minimum atomic E-state index is -0.435. The summed E-state index contributed by atoms with van der Waals surface area (Å²) in [6, 6.07) is 7.48. The summed E-state index contributed by atoms with van der Waals surface area (Å²) in [5, 5.41) is 10.0. The second-order valence-electron chi connectivity index (χ2n) is 2.67. The van der Waals surface area contributed by atoms with Crippen molar-refractivity contribution in [2.75, 3.05) is 11.9 Å². The lowest BCUT2D eigenvalue weighted by Gasteiger charge is -2.08. The summed E-state index contributed by atoms with van der Waals surface area (Å²) in [4.78, 5) is 0. The van der Waals surface area contributed by atoms with Crippen LogP contribution in [0, 0.1) is 0 Å². The molecule has 0 saturated carbocycles. The summed E-state index contributed by atoms with van der Waals surface area (Å²) in [5.41, 5.74) is 0.903. The van der Waals surface area contributed by atoms with Gasteiger partial charge in [0.15, 0.2) is 0 Å². The number of aliphatic hydroxyl groups excluding tert-OH is 1. The zero-order valence-corrected chi connectivity index (χ0v) is 9.12. The van der Waals surface area contributed by atoms with Crippen LogP contribution in [0.1, 0.15) is 18.6 Å². The van der Waals surface area contributed by atoms with E-state index in [1.165, 1.54) is 0 Å². The Morgan fingerprint density at radius 1 is 1.38 bits per heavy atom. The molecule has 72 valence electrons. The third kappa shape index (κ3) is 3.01. The molecule has 1 aromatic carbocycles. The Bertz CT molecular complexity index is 246. The third-order valence-electron chi connectivity index (χ3n) is 1.72. The molecule has 1 rings (SSSR count). The maximum atomic E-state index is 9.46. The van der Waals surface area contributed by atoms with Gasteiger partial charge in [-0.15, -0.1) is 0 Å². The zero-order valence-electron chi connectivity index (χ0n) is 7.53. The lowest BCUT2D eigenvalue weighted by Crippen LogP contribution is -1.98. The third-order valence-corrected chi connectivity index (χ3v) is 2.34. The smallest absolute Gasteiger partial charge is 0.119 e. The van der Waals surface area contributed by atoms with Gasteiger partial charge in [0.25, 0.3) is 0 Å². The van der Waals surface area contributed by atoms with Crippen LogP contribution in [0.5, 0.6) is 5.75 Å². The monoisotopic (exact) mass is 244 g/mol. The normalized spacial score (nSPS) is 12.5. The molecule has 0 fully saturated rings. The Hall–Kier alpha value is -0.540. The summed E-state index contributed by atoms with van der Waals surface area (Å²) in [6.07, 6.45) is -0.435. The fraction of sp³-hybridized carbons (Fsp3) is 0.400. The van der Waals surface area contributed by atoms with Gasteiger partial charge in [-0.05, 0) is 24.6 Å². The van der Waals surface area contributed by atoms with Gasteiger partial charge in [0.1, 0.15) is 5.75 Å². The van der Waals surface area contributed by atoms with Crippen LogP contribution in [0.25, 0.3) is 0 Å². The molecular weight excluding hydrogens is 232 g/mol. The largest absolute Gasteiger partial charge is 0.494 e. The van der Waals surface area contributed by atoms with Gasteiger partial charge in [-0.3, -0.25) is 0 Å². The Balaban J connectivity index is 2.69. The lowest BCUT2D eigenvalue weighted by atomic mass is 10.1. The molecule has 1 atom stereocenters. The van der Waals surface area contributed by atoms with Gasteiger partial charge in [0, 0.05) is 5.33 Å². The highest BCUT2D eigenvalue weighted by atomic mass is 79.9. The molecule has 0 amide bonds. The average Bonchev–Trinajstić information content (AvgIpc) is 2.18. The van der Waals surface area contributed by atoms with E-state index in [1.807, 2.05) is 31.2 Å². The van der Waals surface area contributed by atoms with Crippen LogP contribution in [0.4, 0.5) is 0 Å². The van der Waals surface area contributed by atoms with Gasteiger partial charge in [-0.1, -0.05) is 28.1 Å². The summed E-state index contributed by atoms with van der Waals surface area (Å²) >= 11 is 3.22. The molecule has 2 nitrogen and oxygen atoms in total. The summed E-state index contributed by atoms with van der Waals surface area (Å²) in [6.45, 7) is 2.61. The molecule has 1 N–H and O–H groups in total. The minimum Gasteiger partial charge on any atom is -0.494 e. The molecule has 0 aromatic heterocycles. The Labute approximate surface area is 86.7 Å². The highest BCUT2D eigenvalue weighted by molar-refractivity contribution is 9.09. The van der Waals surface area contributed by atoms with E-state index < -0.39 is 6.10 Å². The topological polar surface area (TPSA) is 29.5 Å². The first-order valence-electron chi connectivity index (χ1n) is 4.24. The minimum absolute atomic E-state index is 0.435. The Morgan fingerprint density at radius 2 is 2.00 bits per heavy atom. The van der Waals surface area contributed by atoms with Crippen LogP contribution in [-0.2, 0) is 0 Å². The summed E-state index contributed by atoms with van der Waals surface area (Å²) < 4.78 is 5.28. The quantitative estimate of drug-likeness (QED) is 0.826. The maximum absolute atomic E-state index is 9.46. The number of rotatable bonds is 4. The van der Waals surface area contributed by atoms with Crippen molar-refractivity contribution >= 4 is 15.9 Å². The zero-order chi connectivity index (χ0) is 9.68. The van der Waals surface area contributed by atoms with Gasteiger partial charge in [0.05, 0.1) is 12.7 Å². The van der Waals surface area contributed by atoms with Crippen LogP contribution >= 0.6 is 15.9 Å². The number of hydrogen-bond acceptors (Lipinski definition) is 2. The average molecular weight is 245 g/mol. The molecular formula is C10H13BrO2. The van der Waals surface area contributed by atoms with Crippen molar-refractivity contribution in [2.24, 2.45) is 0 Å². The van der Waals surface area contributed by atoms with Gasteiger partial charge in [0.2, 0.25) is 0 Å². The van der Waals surface area contributed by atoms with Crippen molar-refractivity contribution in [3.05, 3.63) is 29.8 Å². The highest BCUT2D eigenvalue weighted by Gasteiger charge is 2.04. The molecule has 0 spiro atoms. The fourth-order valence-corrected chi connectivity index (χ4v) is 1.42. The van der Waals surface area contributed by atoms with Crippen LogP contribution in [0.15, 0.2) is 24.3 Å². The number of benzene rings is 1. The van der Waals surface area contributed by atoms with Crippen LogP contribution in [-0.4, -0.2) is 17.0 Å². The SMILES string of the molecule is CCOc1ccc([C@H](O)CBr)cc1. The first-order valence-corrected chi connectivity index (χ1v) is 5.37. The first kappa shape index (κ1) is 10.5. The van der Waals surface area contributed by atoms with E-state index in [2.05, 4.69) is 15.9 Å². The van der Waals surface area contributed by atoms with Gasteiger partial charge < -0.3 is 9.84 Å². The highest BCUT2D eigenvalue weighted by Crippen LogP contribution is 2.18. The van der Waals surface area contributed by atoms with E-state index >= 15 is 0 Å². The molecule has 0 unspecified atom stereocenters. The number of aliphatic hydroxyl groups is 1. The summed E-state index contributed by atoms with van der Waals surface area (Å²) in [7, 11) is 0. The van der Waals surface area contributed by atoms with E-state index in [0.29, 0.717) is 11.9 Å². The molecule has 0 bridgehead atoms. The molecule has 13 heavy (non-hydrogen) atoms. The van der Waals surface area contributed by atoms with E-state index in [1.54, 1.807) is 0 Å². The van der Waals surface area contributed by atoms with Gasteiger partial charge >= 0.3 is 0 Å². The van der Waals surface area contributed by atoms with Crippen molar-refractivity contribution in [3.63, 3.8) is 0 Å².